The molecule has 3 rings (SSSR count). The zero-order chi connectivity index (χ0) is 13.2. The Morgan fingerprint density at radius 1 is 1.47 bits per heavy atom. The fourth-order valence-corrected chi connectivity index (χ4v) is 2.50. The summed E-state index contributed by atoms with van der Waals surface area (Å²) in [4.78, 5) is 12.1. The van der Waals surface area contributed by atoms with Gasteiger partial charge < -0.3 is 14.5 Å². The molecule has 0 aromatic carbocycles. The summed E-state index contributed by atoms with van der Waals surface area (Å²) in [6.45, 7) is 3.46. The molecular weight excluding hydrogens is 240 g/mol. The van der Waals surface area contributed by atoms with E-state index in [0.29, 0.717) is 12.1 Å². The number of hydrogen-bond donors (Lipinski definition) is 1. The molecule has 19 heavy (non-hydrogen) atoms. The van der Waals surface area contributed by atoms with Crippen molar-refractivity contribution in [1.82, 2.24) is 9.72 Å². The van der Waals surface area contributed by atoms with Gasteiger partial charge in [-0.25, -0.2) is 0 Å². The third-order valence-electron chi connectivity index (χ3n) is 3.50. The van der Waals surface area contributed by atoms with E-state index >= 15 is 0 Å². The number of pyridine rings is 1. The number of nitrogens with one attached hydrogen (secondary N) is 1. The van der Waals surface area contributed by atoms with E-state index in [9.17, 15) is 4.79 Å². The maximum absolute atomic E-state index is 12.1. The van der Waals surface area contributed by atoms with Crippen LogP contribution in [0.25, 0.3) is 5.52 Å². The van der Waals surface area contributed by atoms with Gasteiger partial charge in [-0.2, -0.15) is 0 Å². The topological polar surface area (TPSA) is 42.7 Å². The maximum Gasteiger partial charge on any atom is 0.252 e. The van der Waals surface area contributed by atoms with Gasteiger partial charge in [-0.15, -0.1) is 0 Å². The van der Waals surface area contributed by atoms with Gasteiger partial charge in [0.1, 0.15) is 0 Å². The second kappa shape index (κ2) is 5.05. The van der Waals surface area contributed by atoms with Crippen LogP contribution in [0.15, 0.2) is 30.6 Å². The lowest BCUT2D eigenvalue weighted by atomic mass is 10.2. The number of nitrogens with zero attached hydrogens (tertiary/aromatic N) is 1. The Bertz CT molecular complexity index is 597. The largest absolute Gasteiger partial charge is 0.376 e. The molecular formula is C15H18N2O2. The Hall–Kier alpha value is -1.81. The highest BCUT2D eigenvalue weighted by atomic mass is 16.5. The second-order valence-corrected chi connectivity index (χ2v) is 5.11. The fourth-order valence-electron chi connectivity index (χ4n) is 2.50. The van der Waals surface area contributed by atoms with Gasteiger partial charge in [0.05, 0.1) is 11.7 Å². The SMILES string of the molecule is Cc1cc2ccc(C(=O)NC[C@@H]3CCCO3)cn2c1. The lowest BCUT2D eigenvalue weighted by molar-refractivity contribution is 0.0857. The summed E-state index contributed by atoms with van der Waals surface area (Å²) < 4.78 is 7.48. The van der Waals surface area contributed by atoms with Gasteiger partial charge in [0.25, 0.3) is 5.91 Å². The van der Waals surface area contributed by atoms with Crippen molar-refractivity contribution in [2.45, 2.75) is 25.9 Å². The van der Waals surface area contributed by atoms with Crippen molar-refractivity contribution < 1.29 is 9.53 Å². The van der Waals surface area contributed by atoms with Crippen LogP contribution < -0.4 is 5.32 Å². The molecule has 1 saturated heterocycles. The average molecular weight is 258 g/mol. The average Bonchev–Trinajstić information content (AvgIpc) is 3.02. The van der Waals surface area contributed by atoms with E-state index in [1.807, 2.05) is 35.9 Å². The zero-order valence-corrected chi connectivity index (χ0v) is 11.1. The normalized spacial score (nSPS) is 18.9. The maximum atomic E-state index is 12.1. The van der Waals surface area contributed by atoms with Gasteiger partial charge in [0, 0.05) is 31.1 Å². The van der Waals surface area contributed by atoms with Crippen molar-refractivity contribution in [3.63, 3.8) is 0 Å². The Balaban J connectivity index is 1.69. The van der Waals surface area contributed by atoms with Crippen LogP contribution in [-0.2, 0) is 4.74 Å². The molecule has 0 radical (unpaired) electrons. The van der Waals surface area contributed by atoms with E-state index in [4.69, 9.17) is 4.74 Å². The number of carbonyl (C=O) groups is 1. The zero-order valence-electron chi connectivity index (χ0n) is 11.1. The minimum absolute atomic E-state index is 0.0382. The highest BCUT2D eigenvalue weighted by Crippen LogP contribution is 2.12. The van der Waals surface area contributed by atoms with Gasteiger partial charge >= 0.3 is 0 Å². The lowest BCUT2D eigenvalue weighted by Crippen LogP contribution is -2.31. The highest BCUT2D eigenvalue weighted by Gasteiger charge is 2.16. The van der Waals surface area contributed by atoms with Crippen LogP contribution in [0, 0.1) is 6.92 Å². The first-order chi connectivity index (χ1) is 9.22. The number of amides is 1. The van der Waals surface area contributed by atoms with Gasteiger partial charge in [-0.05, 0) is 43.5 Å². The van der Waals surface area contributed by atoms with E-state index in [0.717, 1.165) is 25.0 Å². The van der Waals surface area contributed by atoms with Gasteiger partial charge in [0.15, 0.2) is 0 Å². The number of hydrogen-bond acceptors (Lipinski definition) is 2. The first-order valence-corrected chi connectivity index (χ1v) is 6.70. The van der Waals surface area contributed by atoms with Crippen molar-refractivity contribution in [1.29, 1.82) is 0 Å². The van der Waals surface area contributed by atoms with Gasteiger partial charge in [-0.1, -0.05) is 0 Å². The molecule has 1 aliphatic rings. The van der Waals surface area contributed by atoms with Crippen molar-refractivity contribution in [3.05, 3.63) is 41.7 Å². The number of carbonyl (C=O) groups excluding carboxylic acids is 1. The predicted molar refractivity (Wildman–Crippen MR) is 73.4 cm³/mol. The smallest absolute Gasteiger partial charge is 0.252 e. The van der Waals surface area contributed by atoms with Crippen LogP contribution in [0.5, 0.6) is 0 Å². The molecule has 1 aliphatic heterocycles. The predicted octanol–water partition coefficient (Wildman–Crippen LogP) is 2.16. The Kier molecular flexibility index (Phi) is 3.25. The third-order valence-corrected chi connectivity index (χ3v) is 3.50. The van der Waals surface area contributed by atoms with Crippen molar-refractivity contribution in [3.8, 4) is 0 Å². The molecule has 4 heteroatoms. The third kappa shape index (κ3) is 2.63. The van der Waals surface area contributed by atoms with Crippen molar-refractivity contribution in [2.24, 2.45) is 0 Å². The molecule has 3 heterocycles. The van der Waals surface area contributed by atoms with E-state index in [1.54, 1.807) is 0 Å². The first kappa shape index (κ1) is 12.2. The molecule has 100 valence electrons. The summed E-state index contributed by atoms with van der Waals surface area (Å²) in [5.41, 5.74) is 2.98. The Labute approximate surface area is 112 Å². The number of rotatable bonds is 3. The highest BCUT2D eigenvalue weighted by molar-refractivity contribution is 5.94. The summed E-state index contributed by atoms with van der Waals surface area (Å²) in [5.74, 6) is -0.0382. The summed E-state index contributed by atoms with van der Waals surface area (Å²) >= 11 is 0. The quantitative estimate of drug-likeness (QED) is 0.916. The van der Waals surface area contributed by atoms with E-state index < -0.39 is 0 Å². The Morgan fingerprint density at radius 3 is 3.16 bits per heavy atom. The molecule has 0 spiro atoms. The molecule has 1 fully saturated rings. The molecule has 1 amide bonds. The summed E-state index contributed by atoms with van der Waals surface area (Å²) in [7, 11) is 0. The van der Waals surface area contributed by atoms with E-state index in [-0.39, 0.29) is 12.0 Å². The van der Waals surface area contributed by atoms with Crippen LogP contribution in [0.2, 0.25) is 0 Å². The lowest BCUT2D eigenvalue weighted by Gasteiger charge is -2.10. The molecule has 0 aliphatic carbocycles. The molecule has 2 aromatic rings. The standard InChI is InChI=1S/C15H18N2O2/c1-11-7-13-5-4-12(10-17(13)9-11)15(18)16-8-14-3-2-6-19-14/h4-5,7,9-10,14H,2-3,6,8H2,1H3,(H,16,18)/t14-/m0/s1. The number of aromatic nitrogens is 1. The fraction of sp³-hybridized carbons (Fsp3) is 0.400. The first-order valence-electron chi connectivity index (χ1n) is 6.70. The molecule has 0 bridgehead atoms. The molecule has 4 nitrogen and oxygen atoms in total. The van der Waals surface area contributed by atoms with Gasteiger partial charge in [0.2, 0.25) is 0 Å². The van der Waals surface area contributed by atoms with Crippen LogP contribution in [-0.4, -0.2) is 29.6 Å². The minimum Gasteiger partial charge on any atom is -0.376 e. The van der Waals surface area contributed by atoms with Crippen molar-refractivity contribution in [2.75, 3.05) is 13.2 Å². The molecule has 0 unspecified atom stereocenters. The number of ether oxygens (including phenoxy) is 1. The van der Waals surface area contributed by atoms with Crippen LogP contribution in [0.1, 0.15) is 28.8 Å². The Morgan fingerprint density at radius 2 is 2.37 bits per heavy atom. The molecule has 1 atom stereocenters. The molecule has 0 saturated carbocycles. The number of fused-ring (bicyclic) bond motifs is 1. The molecule has 2 aromatic heterocycles. The molecule has 1 N–H and O–H groups in total. The summed E-state index contributed by atoms with van der Waals surface area (Å²) in [6.07, 6.45) is 6.20. The monoisotopic (exact) mass is 258 g/mol. The van der Waals surface area contributed by atoms with Crippen LogP contribution in [0.3, 0.4) is 0 Å². The second-order valence-electron chi connectivity index (χ2n) is 5.11. The minimum atomic E-state index is -0.0382. The van der Waals surface area contributed by atoms with Crippen LogP contribution in [0.4, 0.5) is 0 Å². The summed E-state index contributed by atoms with van der Waals surface area (Å²) in [6, 6.07) is 5.92. The number of aryl methyl sites for hydroxylation is 1. The van der Waals surface area contributed by atoms with E-state index in [2.05, 4.69) is 11.4 Å². The summed E-state index contributed by atoms with van der Waals surface area (Å²) in [5, 5.41) is 2.94. The van der Waals surface area contributed by atoms with Gasteiger partial charge in [-0.3, -0.25) is 4.79 Å². The van der Waals surface area contributed by atoms with Crippen molar-refractivity contribution >= 4 is 11.4 Å². The van der Waals surface area contributed by atoms with Crippen LogP contribution >= 0.6 is 0 Å². The van der Waals surface area contributed by atoms with E-state index in [1.165, 1.54) is 5.56 Å².